The van der Waals surface area contributed by atoms with Crippen molar-refractivity contribution in [1.82, 2.24) is 9.88 Å². The summed E-state index contributed by atoms with van der Waals surface area (Å²) in [5.74, 6) is 1.25. The van der Waals surface area contributed by atoms with E-state index in [1.54, 1.807) is 0 Å². The van der Waals surface area contributed by atoms with Crippen LogP contribution < -0.4 is 5.32 Å². The second kappa shape index (κ2) is 5.65. The summed E-state index contributed by atoms with van der Waals surface area (Å²) in [6.07, 6.45) is 3.56. The highest BCUT2D eigenvalue weighted by Crippen LogP contribution is 2.32. The summed E-state index contributed by atoms with van der Waals surface area (Å²) in [5, 5.41) is 3.23. The van der Waals surface area contributed by atoms with Crippen LogP contribution >= 0.6 is 22.9 Å². The van der Waals surface area contributed by atoms with Gasteiger partial charge in [-0.05, 0) is 30.4 Å². The minimum Gasteiger partial charge on any atom is -0.348 e. The van der Waals surface area contributed by atoms with Gasteiger partial charge < -0.3 is 9.88 Å². The number of rotatable bonds is 2. The van der Waals surface area contributed by atoms with Crippen LogP contribution in [0.3, 0.4) is 0 Å². The van der Waals surface area contributed by atoms with Crippen LogP contribution in [-0.4, -0.2) is 16.5 Å². The van der Waals surface area contributed by atoms with E-state index in [0.717, 1.165) is 26.7 Å². The molecule has 3 rings (SSSR count). The molecule has 114 valence electrons. The van der Waals surface area contributed by atoms with Crippen LogP contribution in [0.1, 0.15) is 43.6 Å². The van der Waals surface area contributed by atoms with E-state index in [-0.39, 0.29) is 11.9 Å². The molecule has 0 bridgehead atoms. The van der Waals surface area contributed by atoms with Gasteiger partial charge in [0.1, 0.15) is 5.69 Å². The van der Waals surface area contributed by atoms with Crippen LogP contribution in [0.4, 0.5) is 0 Å². The van der Waals surface area contributed by atoms with Crippen molar-refractivity contribution in [2.45, 2.75) is 39.2 Å². The Morgan fingerprint density at radius 3 is 2.86 bits per heavy atom. The van der Waals surface area contributed by atoms with E-state index in [1.165, 1.54) is 24.2 Å². The fourth-order valence-electron chi connectivity index (χ4n) is 3.33. The number of thiophene rings is 1. The number of nitrogens with zero attached hydrogens (tertiary/aromatic N) is 1. The number of carbonyl (C=O) groups is 1. The zero-order chi connectivity index (χ0) is 15.1. The fourth-order valence-corrected chi connectivity index (χ4v) is 4.53. The topological polar surface area (TPSA) is 34.0 Å². The van der Waals surface area contributed by atoms with Crippen LogP contribution in [0.15, 0.2) is 12.1 Å². The number of amides is 1. The van der Waals surface area contributed by atoms with Gasteiger partial charge in [0.05, 0.1) is 14.6 Å². The van der Waals surface area contributed by atoms with Gasteiger partial charge in [-0.25, -0.2) is 0 Å². The molecule has 5 heteroatoms. The zero-order valence-electron chi connectivity index (χ0n) is 12.6. The predicted molar refractivity (Wildman–Crippen MR) is 89.2 cm³/mol. The lowest BCUT2D eigenvalue weighted by molar-refractivity contribution is 0.0883. The molecule has 2 aromatic rings. The molecule has 3 atom stereocenters. The molecule has 0 unspecified atom stereocenters. The fraction of sp³-hybridized carbons (Fsp3) is 0.562. The maximum atomic E-state index is 12.6. The molecule has 1 saturated carbocycles. The van der Waals surface area contributed by atoms with Gasteiger partial charge in [-0.1, -0.05) is 38.3 Å². The Kier molecular flexibility index (Phi) is 4.02. The Bertz CT molecular complexity index is 675. The number of aryl methyl sites for hydroxylation is 1. The second-order valence-electron chi connectivity index (χ2n) is 6.24. The molecule has 21 heavy (non-hydrogen) atoms. The third-order valence-electron chi connectivity index (χ3n) is 4.96. The Morgan fingerprint density at radius 1 is 1.38 bits per heavy atom. The van der Waals surface area contributed by atoms with Crippen molar-refractivity contribution >= 4 is 39.1 Å². The van der Waals surface area contributed by atoms with Gasteiger partial charge in [0.2, 0.25) is 0 Å². The molecule has 3 nitrogen and oxygen atoms in total. The van der Waals surface area contributed by atoms with Gasteiger partial charge in [0.25, 0.3) is 5.91 Å². The summed E-state index contributed by atoms with van der Waals surface area (Å²) in [4.78, 5) is 12.6. The van der Waals surface area contributed by atoms with Crippen molar-refractivity contribution in [3.05, 3.63) is 22.2 Å². The van der Waals surface area contributed by atoms with Crippen molar-refractivity contribution in [2.75, 3.05) is 0 Å². The average Bonchev–Trinajstić information content (AvgIpc) is 2.93. The quantitative estimate of drug-likeness (QED) is 0.870. The molecule has 1 fully saturated rings. The Hall–Kier alpha value is -1.00. The van der Waals surface area contributed by atoms with Gasteiger partial charge in [-0.3, -0.25) is 4.79 Å². The molecule has 0 aromatic carbocycles. The molecule has 2 heterocycles. The molecule has 1 N–H and O–H groups in total. The highest BCUT2D eigenvalue weighted by atomic mass is 35.5. The summed E-state index contributed by atoms with van der Waals surface area (Å²) in [6.45, 7) is 4.53. The summed E-state index contributed by atoms with van der Waals surface area (Å²) in [7, 11) is 1.92. The van der Waals surface area contributed by atoms with E-state index in [0.29, 0.717) is 11.8 Å². The lowest BCUT2D eigenvalue weighted by Gasteiger charge is -2.34. The normalized spacial score (nSPS) is 26.2. The molecular formula is C16H21ClN2OS. The number of hydrogen-bond acceptors (Lipinski definition) is 2. The number of hydrogen-bond donors (Lipinski definition) is 1. The van der Waals surface area contributed by atoms with Crippen molar-refractivity contribution in [3.8, 4) is 0 Å². The van der Waals surface area contributed by atoms with Crippen molar-refractivity contribution in [1.29, 1.82) is 0 Å². The van der Waals surface area contributed by atoms with E-state index in [1.807, 2.05) is 23.7 Å². The number of halogens is 1. The summed E-state index contributed by atoms with van der Waals surface area (Å²) in [6, 6.07) is 4.15. The molecule has 1 aliphatic carbocycles. The van der Waals surface area contributed by atoms with E-state index < -0.39 is 0 Å². The van der Waals surface area contributed by atoms with E-state index in [9.17, 15) is 4.79 Å². The zero-order valence-corrected chi connectivity index (χ0v) is 14.2. The van der Waals surface area contributed by atoms with E-state index in [4.69, 9.17) is 11.6 Å². The third kappa shape index (κ3) is 2.71. The number of aromatic nitrogens is 1. The van der Waals surface area contributed by atoms with Gasteiger partial charge in [-0.2, -0.15) is 0 Å². The summed E-state index contributed by atoms with van der Waals surface area (Å²) in [5.41, 5.74) is 1.75. The maximum absolute atomic E-state index is 12.6. The molecule has 1 amide bonds. The van der Waals surface area contributed by atoms with Gasteiger partial charge in [0, 0.05) is 13.1 Å². The summed E-state index contributed by atoms with van der Waals surface area (Å²) < 4.78 is 3.76. The number of carbonyl (C=O) groups excluding carboxylic acids is 1. The predicted octanol–water partition coefficient (Wildman–Crippen LogP) is 4.45. The molecule has 1 aliphatic rings. The minimum atomic E-state index is 0.0305. The third-order valence-corrected chi connectivity index (χ3v) is 6.16. The lowest BCUT2D eigenvalue weighted by atomic mass is 9.78. The smallest absolute Gasteiger partial charge is 0.268 e. The van der Waals surface area contributed by atoms with Gasteiger partial charge in [-0.15, -0.1) is 11.3 Å². The SMILES string of the molecule is C[C@H]1[C@H](C)CCC[C@@H]1NC(=O)c1cc2sc(Cl)cc2n1C. The molecular weight excluding hydrogens is 304 g/mol. The lowest BCUT2D eigenvalue weighted by Crippen LogP contribution is -2.44. The van der Waals surface area contributed by atoms with E-state index >= 15 is 0 Å². The van der Waals surface area contributed by atoms with Gasteiger partial charge >= 0.3 is 0 Å². The molecule has 0 aliphatic heterocycles. The first kappa shape index (κ1) is 14.9. The van der Waals surface area contributed by atoms with Crippen LogP contribution in [0, 0.1) is 11.8 Å². The monoisotopic (exact) mass is 324 g/mol. The molecule has 0 saturated heterocycles. The van der Waals surface area contributed by atoms with Crippen molar-refractivity contribution in [2.24, 2.45) is 18.9 Å². The summed E-state index contributed by atoms with van der Waals surface area (Å²) >= 11 is 7.54. The van der Waals surface area contributed by atoms with Crippen LogP contribution in [-0.2, 0) is 7.05 Å². The Balaban J connectivity index is 1.80. The number of nitrogens with one attached hydrogen (secondary N) is 1. The average molecular weight is 325 g/mol. The van der Waals surface area contributed by atoms with Crippen molar-refractivity contribution < 1.29 is 4.79 Å². The first-order valence-corrected chi connectivity index (χ1v) is 8.72. The molecule has 0 radical (unpaired) electrons. The van der Waals surface area contributed by atoms with Crippen molar-refractivity contribution in [3.63, 3.8) is 0 Å². The Morgan fingerprint density at radius 2 is 2.14 bits per heavy atom. The second-order valence-corrected chi connectivity index (χ2v) is 7.95. The largest absolute Gasteiger partial charge is 0.348 e. The highest BCUT2D eigenvalue weighted by molar-refractivity contribution is 7.22. The first-order chi connectivity index (χ1) is 9.97. The van der Waals surface area contributed by atoms with Crippen LogP contribution in [0.25, 0.3) is 10.2 Å². The van der Waals surface area contributed by atoms with Gasteiger partial charge in [0.15, 0.2) is 0 Å². The molecule has 0 spiro atoms. The highest BCUT2D eigenvalue weighted by Gasteiger charge is 2.29. The van der Waals surface area contributed by atoms with E-state index in [2.05, 4.69) is 19.2 Å². The maximum Gasteiger partial charge on any atom is 0.268 e. The number of fused-ring (bicyclic) bond motifs is 1. The van der Waals surface area contributed by atoms with Crippen LogP contribution in [0.2, 0.25) is 4.34 Å². The molecule has 2 aromatic heterocycles. The standard InChI is InChI=1S/C16H21ClN2OS/c1-9-5-4-6-11(10(9)2)18-16(20)13-7-14-12(19(13)3)8-15(17)21-14/h7-11H,4-6H2,1-3H3,(H,18,20)/t9-,10+,11+/m1/s1. The van der Waals surface area contributed by atoms with Crippen LogP contribution in [0.5, 0.6) is 0 Å². The first-order valence-electron chi connectivity index (χ1n) is 7.53. The Labute approximate surface area is 134 Å². The minimum absolute atomic E-state index is 0.0305.